The summed E-state index contributed by atoms with van der Waals surface area (Å²) in [7, 11) is 0. The van der Waals surface area contributed by atoms with Gasteiger partial charge in [-0.15, -0.1) is 11.8 Å². The van der Waals surface area contributed by atoms with Crippen LogP contribution in [0.3, 0.4) is 0 Å². The summed E-state index contributed by atoms with van der Waals surface area (Å²) < 4.78 is 0. The quantitative estimate of drug-likeness (QED) is 0.714. The van der Waals surface area contributed by atoms with E-state index in [0.29, 0.717) is 10.6 Å². The molecule has 1 aliphatic heterocycles. The molecule has 1 N–H and O–H groups in total. The van der Waals surface area contributed by atoms with Gasteiger partial charge in [-0.25, -0.2) is 5.10 Å². The lowest BCUT2D eigenvalue weighted by Crippen LogP contribution is -2.15. The average molecular weight is 341 g/mol. The smallest absolute Gasteiger partial charge is 0.267 e. The Morgan fingerprint density at radius 1 is 1.09 bits per heavy atom. The maximum absolute atomic E-state index is 12.4. The molecule has 2 aromatic carbocycles. The lowest BCUT2D eigenvalue weighted by atomic mass is 9.95. The number of H-pyrrole nitrogens is 1. The Kier molecular flexibility index (Phi) is 3.71. The van der Waals surface area contributed by atoms with E-state index >= 15 is 0 Å². The van der Waals surface area contributed by atoms with Crippen LogP contribution in [-0.2, 0) is 6.42 Å². The van der Waals surface area contributed by atoms with E-state index in [-0.39, 0.29) is 5.56 Å². The molecule has 0 atom stereocenters. The van der Waals surface area contributed by atoms with E-state index in [0.717, 1.165) is 34.6 Å². The number of nitrogens with zero attached hydrogens (tertiary/aromatic N) is 1. The first-order valence-corrected chi connectivity index (χ1v) is 8.70. The molecule has 0 amide bonds. The van der Waals surface area contributed by atoms with Crippen LogP contribution in [0.1, 0.15) is 5.56 Å². The van der Waals surface area contributed by atoms with Crippen LogP contribution >= 0.6 is 23.4 Å². The fraction of sp³-hybridized carbons (Fsp3) is 0.111. The van der Waals surface area contributed by atoms with Gasteiger partial charge in [0, 0.05) is 21.2 Å². The SMILES string of the molecule is O=c1[nH]nc2c(c1-c1ccc(Cl)cc1)CCSc1ccccc1-2. The maximum Gasteiger partial charge on any atom is 0.272 e. The zero-order chi connectivity index (χ0) is 15.8. The summed E-state index contributed by atoms with van der Waals surface area (Å²) in [6.45, 7) is 0. The van der Waals surface area contributed by atoms with Gasteiger partial charge in [-0.3, -0.25) is 4.79 Å². The predicted octanol–water partition coefficient (Wildman–Crippen LogP) is 4.41. The molecule has 23 heavy (non-hydrogen) atoms. The van der Waals surface area contributed by atoms with E-state index in [1.54, 1.807) is 11.8 Å². The number of hydrogen-bond acceptors (Lipinski definition) is 3. The topological polar surface area (TPSA) is 45.8 Å². The highest BCUT2D eigenvalue weighted by Gasteiger charge is 2.21. The van der Waals surface area contributed by atoms with Crippen molar-refractivity contribution in [2.45, 2.75) is 11.3 Å². The second kappa shape index (κ2) is 5.87. The van der Waals surface area contributed by atoms with E-state index in [1.807, 2.05) is 36.4 Å². The Morgan fingerprint density at radius 3 is 2.70 bits per heavy atom. The van der Waals surface area contributed by atoms with Crippen molar-refractivity contribution >= 4 is 23.4 Å². The predicted molar refractivity (Wildman–Crippen MR) is 95.2 cm³/mol. The fourth-order valence-electron chi connectivity index (χ4n) is 2.92. The molecule has 1 aliphatic rings. The van der Waals surface area contributed by atoms with Crippen molar-refractivity contribution in [3.63, 3.8) is 0 Å². The van der Waals surface area contributed by atoms with Gasteiger partial charge in [0.2, 0.25) is 0 Å². The summed E-state index contributed by atoms with van der Waals surface area (Å²) in [6, 6.07) is 15.6. The van der Waals surface area contributed by atoms with Crippen molar-refractivity contribution in [1.29, 1.82) is 0 Å². The summed E-state index contributed by atoms with van der Waals surface area (Å²) in [5, 5.41) is 7.67. The van der Waals surface area contributed by atoms with E-state index in [2.05, 4.69) is 22.3 Å². The van der Waals surface area contributed by atoms with E-state index in [4.69, 9.17) is 11.6 Å². The molecule has 2 heterocycles. The summed E-state index contributed by atoms with van der Waals surface area (Å²) in [4.78, 5) is 13.6. The van der Waals surface area contributed by atoms with Crippen LogP contribution in [0.5, 0.6) is 0 Å². The number of benzene rings is 2. The summed E-state index contributed by atoms with van der Waals surface area (Å²) in [5.74, 6) is 0.926. The largest absolute Gasteiger partial charge is 0.272 e. The lowest BCUT2D eigenvalue weighted by molar-refractivity contribution is 0.964. The van der Waals surface area contributed by atoms with Crippen LogP contribution < -0.4 is 5.56 Å². The van der Waals surface area contributed by atoms with Gasteiger partial charge in [0.15, 0.2) is 0 Å². The van der Waals surface area contributed by atoms with Crippen LogP contribution in [0.15, 0.2) is 58.2 Å². The Morgan fingerprint density at radius 2 is 1.87 bits per heavy atom. The molecule has 0 radical (unpaired) electrons. The third-order valence-corrected chi connectivity index (χ3v) is 5.30. The number of aromatic nitrogens is 2. The average Bonchev–Trinajstić information content (AvgIpc) is 2.75. The van der Waals surface area contributed by atoms with Crippen molar-refractivity contribution in [3.05, 3.63) is 69.5 Å². The molecule has 0 unspecified atom stereocenters. The van der Waals surface area contributed by atoms with Gasteiger partial charge in [-0.2, -0.15) is 5.10 Å². The third-order valence-electron chi connectivity index (χ3n) is 3.97. The molecule has 3 nitrogen and oxygen atoms in total. The molecule has 114 valence electrons. The minimum Gasteiger partial charge on any atom is -0.267 e. The summed E-state index contributed by atoms with van der Waals surface area (Å²) >= 11 is 7.78. The zero-order valence-electron chi connectivity index (χ0n) is 12.2. The Balaban J connectivity index is 2.00. The van der Waals surface area contributed by atoms with Crippen molar-refractivity contribution in [2.24, 2.45) is 0 Å². The second-order valence-corrected chi connectivity index (χ2v) is 6.93. The van der Waals surface area contributed by atoms with Crippen LogP contribution in [0, 0.1) is 0 Å². The first-order chi connectivity index (χ1) is 11.2. The molecule has 1 aromatic heterocycles. The van der Waals surface area contributed by atoms with Crippen molar-refractivity contribution in [2.75, 3.05) is 5.75 Å². The van der Waals surface area contributed by atoms with Crippen molar-refractivity contribution in [3.8, 4) is 22.4 Å². The van der Waals surface area contributed by atoms with Gasteiger partial charge in [-0.05, 0) is 35.7 Å². The summed E-state index contributed by atoms with van der Waals surface area (Å²) in [6.07, 6.45) is 0.809. The lowest BCUT2D eigenvalue weighted by Gasteiger charge is -2.11. The number of rotatable bonds is 1. The van der Waals surface area contributed by atoms with Gasteiger partial charge in [-0.1, -0.05) is 41.9 Å². The van der Waals surface area contributed by atoms with Gasteiger partial charge < -0.3 is 0 Å². The third kappa shape index (κ3) is 2.58. The van der Waals surface area contributed by atoms with Crippen LogP contribution in [0.2, 0.25) is 5.02 Å². The standard InChI is InChI=1S/C18H13ClN2OS/c19-12-7-5-11(6-8-12)16-14-9-10-23-15-4-2-1-3-13(15)17(14)20-21-18(16)22/h1-8H,9-10H2,(H,21,22). The van der Waals surface area contributed by atoms with Crippen molar-refractivity contribution in [1.82, 2.24) is 10.2 Å². The monoisotopic (exact) mass is 340 g/mol. The Labute approximate surface area is 142 Å². The number of hydrogen-bond donors (Lipinski definition) is 1. The van der Waals surface area contributed by atoms with E-state index in [1.165, 1.54) is 4.90 Å². The second-order valence-electron chi connectivity index (χ2n) is 5.36. The highest BCUT2D eigenvalue weighted by atomic mass is 35.5. The van der Waals surface area contributed by atoms with E-state index < -0.39 is 0 Å². The normalized spacial score (nSPS) is 13.1. The Hall–Kier alpha value is -2.04. The molecule has 0 spiro atoms. The highest BCUT2D eigenvalue weighted by molar-refractivity contribution is 7.99. The van der Waals surface area contributed by atoms with Crippen molar-refractivity contribution < 1.29 is 0 Å². The Bertz CT molecular complexity index is 934. The molecule has 3 aromatic rings. The molecule has 0 fully saturated rings. The van der Waals surface area contributed by atoms with Gasteiger partial charge in [0.05, 0.1) is 11.3 Å². The number of fused-ring (bicyclic) bond motifs is 3. The van der Waals surface area contributed by atoms with Crippen LogP contribution in [0.25, 0.3) is 22.4 Å². The number of thioether (sulfide) groups is 1. The molecule has 0 saturated heterocycles. The molecule has 0 aliphatic carbocycles. The first-order valence-electron chi connectivity index (χ1n) is 7.34. The number of aromatic amines is 1. The molecule has 0 saturated carbocycles. The molecular weight excluding hydrogens is 328 g/mol. The minimum atomic E-state index is -0.157. The number of nitrogens with one attached hydrogen (secondary N) is 1. The summed E-state index contributed by atoms with van der Waals surface area (Å²) in [5.41, 5.74) is 4.37. The first kappa shape index (κ1) is 14.5. The van der Waals surface area contributed by atoms with Gasteiger partial charge in [0.25, 0.3) is 5.56 Å². The minimum absolute atomic E-state index is 0.157. The van der Waals surface area contributed by atoms with Crippen LogP contribution in [-0.4, -0.2) is 16.0 Å². The zero-order valence-corrected chi connectivity index (χ0v) is 13.7. The van der Waals surface area contributed by atoms with Gasteiger partial charge in [0.1, 0.15) is 0 Å². The van der Waals surface area contributed by atoms with Gasteiger partial charge >= 0.3 is 0 Å². The molecular formula is C18H13ClN2OS. The maximum atomic E-state index is 12.4. The molecule has 5 heteroatoms. The number of halogens is 1. The molecule has 0 bridgehead atoms. The molecule has 4 rings (SSSR count). The fourth-order valence-corrected chi connectivity index (χ4v) is 4.07. The van der Waals surface area contributed by atoms with E-state index in [9.17, 15) is 4.79 Å². The highest BCUT2D eigenvalue weighted by Crippen LogP contribution is 2.38. The van der Waals surface area contributed by atoms with Crippen LogP contribution in [0.4, 0.5) is 0 Å².